The van der Waals surface area contributed by atoms with Gasteiger partial charge in [0.1, 0.15) is 5.82 Å². The normalized spacial score (nSPS) is 12.2. The fourth-order valence-electron chi connectivity index (χ4n) is 1.76. The molecule has 1 unspecified atom stereocenters. The molecule has 1 N–H and O–H groups in total. The Balaban J connectivity index is 2.18. The van der Waals surface area contributed by atoms with Crippen LogP contribution in [0.3, 0.4) is 0 Å². The van der Waals surface area contributed by atoms with Crippen LogP contribution in [0, 0.1) is 0 Å². The summed E-state index contributed by atoms with van der Waals surface area (Å²) >= 11 is 5.88. The molecule has 1 aromatic heterocycles. The van der Waals surface area contributed by atoms with Gasteiger partial charge in [-0.2, -0.15) is 5.10 Å². The number of rotatable bonds is 4. The molecule has 1 amide bonds. The lowest BCUT2D eigenvalue weighted by atomic mass is 10.2. The largest absolute Gasteiger partial charge is 0.307 e. The van der Waals surface area contributed by atoms with Crippen LogP contribution in [0.25, 0.3) is 0 Å². The number of carbonyl (C=O) groups excluding carboxylic acids is 1. The van der Waals surface area contributed by atoms with Gasteiger partial charge in [-0.1, -0.05) is 24.6 Å². The zero-order valence-electron chi connectivity index (χ0n) is 10.9. The molecule has 1 atom stereocenters. The van der Waals surface area contributed by atoms with Gasteiger partial charge in [-0.25, -0.2) is 4.68 Å². The van der Waals surface area contributed by atoms with Crippen LogP contribution in [0.1, 0.15) is 36.7 Å². The number of hydrogen-bond donors (Lipinski definition) is 1. The molecule has 0 saturated carbocycles. The minimum atomic E-state index is -0.187. The molecule has 0 aliphatic heterocycles. The predicted octanol–water partition coefficient (Wildman–Crippen LogP) is 3.76. The molecule has 1 aromatic carbocycles. The van der Waals surface area contributed by atoms with Gasteiger partial charge in [-0.05, 0) is 31.5 Å². The van der Waals surface area contributed by atoms with Gasteiger partial charge in [0.2, 0.25) is 0 Å². The Morgan fingerprint density at radius 3 is 2.95 bits per heavy atom. The van der Waals surface area contributed by atoms with Crippen LogP contribution in [0.2, 0.25) is 5.02 Å². The lowest BCUT2D eigenvalue weighted by molar-refractivity contribution is 0.102. The van der Waals surface area contributed by atoms with E-state index in [0.29, 0.717) is 16.4 Å². The second kappa shape index (κ2) is 5.89. The molecule has 0 radical (unpaired) electrons. The monoisotopic (exact) mass is 277 g/mol. The second-order valence-corrected chi connectivity index (χ2v) is 4.82. The Kier molecular flexibility index (Phi) is 4.22. The Morgan fingerprint density at radius 2 is 2.26 bits per heavy atom. The molecule has 0 spiro atoms. The number of anilines is 1. The van der Waals surface area contributed by atoms with Crippen molar-refractivity contribution in [1.29, 1.82) is 0 Å². The molecular formula is C14H16ClN3O. The van der Waals surface area contributed by atoms with Crippen LogP contribution in [0.4, 0.5) is 5.82 Å². The summed E-state index contributed by atoms with van der Waals surface area (Å²) in [5.74, 6) is 0.506. The van der Waals surface area contributed by atoms with Crippen molar-refractivity contribution >= 4 is 23.3 Å². The molecule has 5 heteroatoms. The van der Waals surface area contributed by atoms with Crippen LogP contribution in [0.15, 0.2) is 36.5 Å². The van der Waals surface area contributed by atoms with Gasteiger partial charge >= 0.3 is 0 Å². The molecule has 2 aromatic rings. The first kappa shape index (κ1) is 13.6. The zero-order chi connectivity index (χ0) is 13.8. The topological polar surface area (TPSA) is 46.9 Å². The Morgan fingerprint density at radius 1 is 1.47 bits per heavy atom. The van der Waals surface area contributed by atoms with E-state index in [4.69, 9.17) is 11.6 Å². The molecule has 0 saturated heterocycles. The van der Waals surface area contributed by atoms with Gasteiger partial charge in [0, 0.05) is 16.7 Å². The summed E-state index contributed by atoms with van der Waals surface area (Å²) in [7, 11) is 0. The number of hydrogen-bond acceptors (Lipinski definition) is 2. The van der Waals surface area contributed by atoms with E-state index in [1.165, 1.54) is 0 Å². The third-order valence-electron chi connectivity index (χ3n) is 3.01. The van der Waals surface area contributed by atoms with Crippen LogP contribution in [-0.4, -0.2) is 15.7 Å². The van der Waals surface area contributed by atoms with E-state index in [2.05, 4.69) is 24.3 Å². The lowest BCUT2D eigenvalue weighted by Crippen LogP contribution is -2.17. The van der Waals surface area contributed by atoms with E-state index < -0.39 is 0 Å². The van der Waals surface area contributed by atoms with Crippen LogP contribution < -0.4 is 5.32 Å². The fourth-order valence-corrected chi connectivity index (χ4v) is 1.95. The summed E-state index contributed by atoms with van der Waals surface area (Å²) in [5.41, 5.74) is 0.532. The Hall–Kier alpha value is -1.81. The standard InChI is InChI=1S/C14H16ClN3O/c1-3-10(2)18-13(7-8-16-18)17-14(19)11-5-4-6-12(15)9-11/h4-10H,3H2,1-2H3,(H,17,19). The third-order valence-corrected chi connectivity index (χ3v) is 3.24. The molecule has 2 rings (SSSR count). The van der Waals surface area contributed by atoms with Gasteiger partial charge < -0.3 is 5.32 Å². The summed E-state index contributed by atoms with van der Waals surface area (Å²) in [6.45, 7) is 4.14. The van der Waals surface area contributed by atoms with Gasteiger partial charge in [0.05, 0.1) is 12.2 Å². The van der Waals surface area contributed by atoms with Crippen LogP contribution in [-0.2, 0) is 0 Å². The minimum Gasteiger partial charge on any atom is -0.307 e. The average molecular weight is 278 g/mol. The van der Waals surface area contributed by atoms with Gasteiger partial charge in [-0.3, -0.25) is 4.79 Å². The molecule has 1 heterocycles. The molecule has 4 nitrogen and oxygen atoms in total. The summed E-state index contributed by atoms with van der Waals surface area (Å²) in [6, 6.07) is 8.88. The lowest BCUT2D eigenvalue weighted by Gasteiger charge is -2.14. The van der Waals surface area contributed by atoms with Crippen molar-refractivity contribution in [3.63, 3.8) is 0 Å². The van der Waals surface area contributed by atoms with E-state index in [1.54, 1.807) is 36.5 Å². The Labute approximate surface area is 117 Å². The maximum Gasteiger partial charge on any atom is 0.256 e. The molecule has 0 aliphatic carbocycles. The quantitative estimate of drug-likeness (QED) is 0.925. The maximum atomic E-state index is 12.1. The van der Waals surface area contributed by atoms with E-state index >= 15 is 0 Å². The van der Waals surface area contributed by atoms with E-state index in [1.807, 2.05) is 4.68 Å². The average Bonchev–Trinajstić information content (AvgIpc) is 2.86. The van der Waals surface area contributed by atoms with Crippen molar-refractivity contribution in [3.8, 4) is 0 Å². The first-order chi connectivity index (χ1) is 9.11. The number of nitrogens with one attached hydrogen (secondary N) is 1. The van der Waals surface area contributed by atoms with E-state index in [0.717, 1.165) is 6.42 Å². The van der Waals surface area contributed by atoms with Crippen LogP contribution >= 0.6 is 11.6 Å². The molecule has 0 aliphatic rings. The van der Waals surface area contributed by atoms with E-state index in [9.17, 15) is 4.79 Å². The Bertz CT molecular complexity index is 580. The van der Waals surface area contributed by atoms with Crippen molar-refractivity contribution in [2.75, 3.05) is 5.32 Å². The smallest absolute Gasteiger partial charge is 0.256 e. The number of carbonyl (C=O) groups is 1. The fraction of sp³-hybridized carbons (Fsp3) is 0.286. The van der Waals surface area contributed by atoms with Gasteiger partial charge in [0.15, 0.2) is 0 Å². The molecular weight excluding hydrogens is 262 g/mol. The van der Waals surface area contributed by atoms with Gasteiger partial charge in [-0.15, -0.1) is 0 Å². The predicted molar refractivity (Wildman–Crippen MR) is 76.6 cm³/mol. The number of halogens is 1. The highest BCUT2D eigenvalue weighted by molar-refractivity contribution is 6.31. The summed E-state index contributed by atoms with van der Waals surface area (Å²) in [6.07, 6.45) is 2.63. The first-order valence-corrected chi connectivity index (χ1v) is 6.60. The number of amides is 1. The summed E-state index contributed by atoms with van der Waals surface area (Å²) < 4.78 is 1.81. The summed E-state index contributed by atoms with van der Waals surface area (Å²) in [5, 5.41) is 7.62. The molecule has 0 fully saturated rings. The molecule has 100 valence electrons. The highest BCUT2D eigenvalue weighted by Crippen LogP contribution is 2.18. The van der Waals surface area contributed by atoms with Crippen molar-refractivity contribution in [1.82, 2.24) is 9.78 Å². The summed E-state index contributed by atoms with van der Waals surface area (Å²) in [4.78, 5) is 12.1. The van der Waals surface area contributed by atoms with Crippen molar-refractivity contribution in [3.05, 3.63) is 47.1 Å². The highest BCUT2D eigenvalue weighted by Gasteiger charge is 2.12. The molecule has 0 bridgehead atoms. The van der Waals surface area contributed by atoms with Gasteiger partial charge in [0.25, 0.3) is 5.91 Å². The second-order valence-electron chi connectivity index (χ2n) is 4.38. The van der Waals surface area contributed by atoms with Crippen LogP contribution in [0.5, 0.6) is 0 Å². The number of nitrogens with zero attached hydrogens (tertiary/aromatic N) is 2. The van der Waals surface area contributed by atoms with Crippen molar-refractivity contribution in [2.24, 2.45) is 0 Å². The first-order valence-electron chi connectivity index (χ1n) is 6.22. The minimum absolute atomic E-state index is 0.187. The zero-order valence-corrected chi connectivity index (χ0v) is 11.7. The van der Waals surface area contributed by atoms with E-state index in [-0.39, 0.29) is 11.9 Å². The number of benzene rings is 1. The van der Waals surface area contributed by atoms with Crippen molar-refractivity contribution in [2.45, 2.75) is 26.3 Å². The number of aromatic nitrogens is 2. The van der Waals surface area contributed by atoms with Crippen molar-refractivity contribution < 1.29 is 4.79 Å². The molecule has 19 heavy (non-hydrogen) atoms. The third kappa shape index (κ3) is 3.15. The SMILES string of the molecule is CCC(C)n1nccc1NC(=O)c1cccc(Cl)c1. The maximum absolute atomic E-state index is 12.1. The highest BCUT2D eigenvalue weighted by atomic mass is 35.5.